The Balaban J connectivity index is 3.91. The average Bonchev–Trinajstić information content (AvgIpc) is 2.04. The molecule has 0 aromatic rings. The van der Waals surface area contributed by atoms with Crippen molar-refractivity contribution in [2.75, 3.05) is 19.3 Å². The van der Waals surface area contributed by atoms with Gasteiger partial charge in [0, 0.05) is 12.6 Å². The van der Waals surface area contributed by atoms with Crippen LogP contribution in [0.15, 0.2) is 0 Å². The molecule has 0 aliphatic rings. The van der Waals surface area contributed by atoms with Crippen molar-refractivity contribution >= 4 is 12.6 Å². The molecule has 0 saturated heterocycles. The average molecular weight is 203 g/mol. The Morgan fingerprint density at radius 1 is 1.38 bits per heavy atom. The van der Waals surface area contributed by atoms with Gasteiger partial charge in [0.15, 0.2) is 0 Å². The lowest BCUT2D eigenvalue weighted by atomic mass is 9.95. The van der Waals surface area contributed by atoms with Gasteiger partial charge in [-0.2, -0.15) is 12.6 Å². The minimum absolute atomic E-state index is 0.333. The van der Waals surface area contributed by atoms with Gasteiger partial charge in [-0.15, -0.1) is 0 Å². The number of hydrogen-bond donors (Lipinski definition) is 1. The first kappa shape index (κ1) is 13.3. The zero-order valence-electron chi connectivity index (χ0n) is 9.80. The summed E-state index contributed by atoms with van der Waals surface area (Å²) in [4.78, 5) is 2.44. The van der Waals surface area contributed by atoms with Gasteiger partial charge in [-0.1, -0.05) is 27.2 Å². The van der Waals surface area contributed by atoms with Gasteiger partial charge in [0.05, 0.1) is 0 Å². The van der Waals surface area contributed by atoms with E-state index < -0.39 is 0 Å². The molecule has 0 aliphatic carbocycles. The van der Waals surface area contributed by atoms with E-state index in [0.29, 0.717) is 11.5 Å². The first-order valence-electron chi connectivity index (χ1n) is 5.24. The standard InChI is InChI=1S/C11H25NS/c1-6-7-10(2)12(5)8-11(3,4)9-13/h10,13H,6-9H2,1-5H3. The highest BCUT2D eigenvalue weighted by molar-refractivity contribution is 7.80. The van der Waals surface area contributed by atoms with E-state index in [1.54, 1.807) is 0 Å². The second kappa shape index (κ2) is 5.92. The molecule has 0 saturated carbocycles. The Kier molecular flexibility index (Phi) is 6.06. The molecule has 0 heterocycles. The molecule has 0 amide bonds. The molecule has 13 heavy (non-hydrogen) atoms. The summed E-state index contributed by atoms with van der Waals surface area (Å²) in [6.07, 6.45) is 2.56. The van der Waals surface area contributed by atoms with E-state index in [0.717, 1.165) is 12.3 Å². The Morgan fingerprint density at radius 3 is 2.31 bits per heavy atom. The van der Waals surface area contributed by atoms with Crippen molar-refractivity contribution in [3.8, 4) is 0 Å². The van der Waals surface area contributed by atoms with Crippen molar-refractivity contribution in [1.29, 1.82) is 0 Å². The molecule has 0 radical (unpaired) electrons. The Hall–Kier alpha value is 0.310. The summed E-state index contributed by atoms with van der Waals surface area (Å²) in [7, 11) is 2.21. The molecule has 80 valence electrons. The maximum absolute atomic E-state index is 4.37. The normalized spacial score (nSPS) is 15.0. The highest BCUT2D eigenvalue weighted by atomic mass is 32.1. The van der Waals surface area contributed by atoms with Crippen LogP contribution in [-0.2, 0) is 0 Å². The summed E-state index contributed by atoms with van der Waals surface area (Å²) >= 11 is 4.37. The molecule has 0 fully saturated rings. The van der Waals surface area contributed by atoms with Gasteiger partial charge in [0.25, 0.3) is 0 Å². The third kappa shape index (κ3) is 5.58. The van der Waals surface area contributed by atoms with Crippen LogP contribution in [-0.4, -0.2) is 30.3 Å². The summed E-state index contributed by atoms with van der Waals surface area (Å²) in [5, 5.41) is 0. The minimum Gasteiger partial charge on any atom is -0.303 e. The lowest BCUT2D eigenvalue weighted by Crippen LogP contribution is -2.38. The van der Waals surface area contributed by atoms with Gasteiger partial charge >= 0.3 is 0 Å². The molecule has 0 aromatic carbocycles. The fraction of sp³-hybridized carbons (Fsp3) is 1.00. The molecular formula is C11H25NS. The molecule has 1 nitrogen and oxygen atoms in total. The first-order chi connectivity index (χ1) is 5.93. The maximum atomic E-state index is 4.37. The van der Waals surface area contributed by atoms with Crippen molar-refractivity contribution in [2.24, 2.45) is 5.41 Å². The first-order valence-corrected chi connectivity index (χ1v) is 5.87. The van der Waals surface area contributed by atoms with E-state index in [9.17, 15) is 0 Å². The summed E-state index contributed by atoms with van der Waals surface area (Å²) in [6.45, 7) is 10.2. The molecule has 0 spiro atoms. The van der Waals surface area contributed by atoms with E-state index in [1.807, 2.05) is 0 Å². The fourth-order valence-electron chi connectivity index (χ4n) is 1.52. The lowest BCUT2D eigenvalue weighted by molar-refractivity contribution is 0.177. The molecular weight excluding hydrogens is 178 g/mol. The van der Waals surface area contributed by atoms with E-state index >= 15 is 0 Å². The summed E-state index contributed by atoms with van der Waals surface area (Å²) in [5.41, 5.74) is 0.333. The third-order valence-electron chi connectivity index (χ3n) is 2.56. The van der Waals surface area contributed by atoms with E-state index in [-0.39, 0.29) is 0 Å². The van der Waals surface area contributed by atoms with Crippen LogP contribution in [0.3, 0.4) is 0 Å². The molecule has 0 aliphatic heterocycles. The van der Waals surface area contributed by atoms with Gasteiger partial charge in [-0.25, -0.2) is 0 Å². The topological polar surface area (TPSA) is 3.24 Å². The van der Waals surface area contributed by atoms with Gasteiger partial charge < -0.3 is 4.90 Å². The van der Waals surface area contributed by atoms with E-state index in [4.69, 9.17) is 0 Å². The smallest absolute Gasteiger partial charge is 0.00640 e. The van der Waals surface area contributed by atoms with Crippen LogP contribution in [0.1, 0.15) is 40.5 Å². The predicted octanol–water partition coefficient (Wildman–Crippen LogP) is 3.06. The predicted molar refractivity (Wildman–Crippen MR) is 64.6 cm³/mol. The highest BCUT2D eigenvalue weighted by Gasteiger charge is 2.20. The second-order valence-corrected chi connectivity index (χ2v) is 5.19. The van der Waals surface area contributed by atoms with Gasteiger partial charge in [-0.05, 0) is 31.6 Å². The quantitative estimate of drug-likeness (QED) is 0.649. The summed E-state index contributed by atoms with van der Waals surface area (Å²) in [5.74, 6) is 0.955. The number of nitrogens with zero attached hydrogens (tertiary/aromatic N) is 1. The molecule has 0 rings (SSSR count). The summed E-state index contributed by atoms with van der Waals surface area (Å²) < 4.78 is 0. The lowest BCUT2D eigenvalue weighted by Gasteiger charge is -2.32. The van der Waals surface area contributed by atoms with Crippen molar-refractivity contribution in [1.82, 2.24) is 4.90 Å². The van der Waals surface area contributed by atoms with Crippen LogP contribution in [0.5, 0.6) is 0 Å². The number of hydrogen-bond acceptors (Lipinski definition) is 2. The van der Waals surface area contributed by atoms with Crippen molar-refractivity contribution in [3.05, 3.63) is 0 Å². The molecule has 1 unspecified atom stereocenters. The minimum atomic E-state index is 0.333. The Labute approximate surface area is 89.3 Å². The number of thiol groups is 1. The van der Waals surface area contributed by atoms with E-state index in [2.05, 4.69) is 52.3 Å². The third-order valence-corrected chi connectivity index (χ3v) is 3.42. The molecule has 2 heteroatoms. The van der Waals surface area contributed by atoms with Gasteiger partial charge in [0.2, 0.25) is 0 Å². The van der Waals surface area contributed by atoms with Crippen molar-refractivity contribution < 1.29 is 0 Å². The zero-order valence-corrected chi connectivity index (χ0v) is 10.7. The van der Waals surface area contributed by atoms with Crippen LogP contribution in [0.4, 0.5) is 0 Å². The van der Waals surface area contributed by atoms with Crippen molar-refractivity contribution in [2.45, 2.75) is 46.6 Å². The van der Waals surface area contributed by atoms with Crippen LogP contribution in [0.25, 0.3) is 0 Å². The van der Waals surface area contributed by atoms with E-state index in [1.165, 1.54) is 12.8 Å². The Morgan fingerprint density at radius 2 is 1.92 bits per heavy atom. The van der Waals surface area contributed by atoms with Crippen LogP contribution in [0.2, 0.25) is 0 Å². The summed E-state index contributed by atoms with van der Waals surface area (Å²) in [6, 6.07) is 0.698. The van der Waals surface area contributed by atoms with Crippen LogP contribution >= 0.6 is 12.6 Å². The second-order valence-electron chi connectivity index (χ2n) is 4.88. The molecule has 0 bridgehead atoms. The SMILES string of the molecule is CCCC(C)N(C)CC(C)(C)CS. The monoisotopic (exact) mass is 203 g/mol. The maximum Gasteiger partial charge on any atom is 0.00640 e. The fourth-order valence-corrected chi connectivity index (χ4v) is 1.62. The largest absolute Gasteiger partial charge is 0.303 e. The van der Waals surface area contributed by atoms with Gasteiger partial charge in [0.1, 0.15) is 0 Å². The molecule has 1 atom stereocenters. The molecule has 0 aromatic heterocycles. The van der Waals surface area contributed by atoms with Crippen molar-refractivity contribution in [3.63, 3.8) is 0 Å². The number of rotatable bonds is 6. The highest BCUT2D eigenvalue weighted by Crippen LogP contribution is 2.19. The Bertz CT molecular complexity index is 134. The zero-order chi connectivity index (χ0) is 10.5. The van der Waals surface area contributed by atoms with Crippen LogP contribution in [0, 0.1) is 5.41 Å². The molecule has 0 N–H and O–H groups in total. The van der Waals surface area contributed by atoms with Gasteiger partial charge in [-0.3, -0.25) is 0 Å². The van der Waals surface area contributed by atoms with Crippen LogP contribution < -0.4 is 0 Å².